The average Bonchev–Trinajstić information content (AvgIpc) is 2.41. The van der Waals surface area contributed by atoms with Gasteiger partial charge in [0.1, 0.15) is 0 Å². The molecule has 1 aliphatic rings. The SMILES string of the molecule is C=CC(=O)N1CCOCC(C(C)C)C1. The van der Waals surface area contributed by atoms with Gasteiger partial charge in [-0.3, -0.25) is 4.79 Å². The first-order valence-electron chi connectivity index (χ1n) is 5.14. The Morgan fingerprint density at radius 2 is 2.36 bits per heavy atom. The predicted molar refractivity (Wildman–Crippen MR) is 55.9 cm³/mol. The summed E-state index contributed by atoms with van der Waals surface area (Å²) in [5.41, 5.74) is 0. The molecule has 3 heteroatoms. The van der Waals surface area contributed by atoms with Crippen molar-refractivity contribution in [3.63, 3.8) is 0 Å². The highest BCUT2D eigenvalue weighted by molar-refractivity contribution is 5.87. The fraction of sp³-hybridized carbons (Fsp3) is 0.727. The zero-order chi connectivity index (χ0) is 10.6. The van der Waals surface area contributed by atoms with Crippen molar-refractivity contribution in [2.75, 3.05) is 26.3 Å². The van der Waals surface area contributed by atoms with Gasteiger partial charge in [-0.2, -0.15) is 0 Å². The molecule has 0 saturated carbocycles. The van der Waals surface area contributed by atoms with Gasteiger partial charge in [0.2, 0.25) is 5.91 Å². The molecule has 1 saturated heterocycles. The molecular weight excluding hydrogens is 178 g/mol. The van der Waals surface area contributed by atoms with E-state index in [4.69, 9.17) is 4.74 Å². The van der Waals surface area contributed by atoms with Gasteiger partial charge in [0.15, 0.2) is 0 Å². The molecule has 1 aliphatic heterocycles. The Labute approximate surface area is 85.7 Å². The van der Waals surface area contributed by atoms with Gasteiger partial charge in [0.05, 0.1) is 13.2 Å². The number of rotatable bonds is 2. The first-order valence-corrected chi connectivity index (χ1v) is 5.14. The highest BCUT2D eigenvalue weighted by Crippen LogP contribution is 2.16. The van der Waals surface area contributed by atoms with Crippen LogP contribution in [0.5, 0.6) is 0 Å². The summed E-state index contributed by atoms with van der Waals surface area (Å²) in [7, 11) is 0. The second kappa shape index (κ2) is 5.15. The van der Waals surface area contributed by atoms with Crippen molar-refractivity contribution in [2.45, 2.75) is 13.8 Å². The maximum absolute atomic E-state index is 11.4. The van der Waals surface area contributed by atoms with E-state index in [1.165, 1.54) is 6.08 Å². The average molecular weight is 197 g/mol. The molecule has 1 atom stereocenters. The highest BCUT2D eigenvalue weighted by Gasteiger charge is 2.22. The van der Waals surface area contributed by atoms with Crippen LogP contribution in [-0.2, 0) is 9.53 Å². The Kier molecular flexibility index (Phi) is 4.14. The summed E-state index contributed by atoms with van der Waals surface area (Å²) in [4.78, 5) is 13.3. The molecule has 1 rings (SSSR count). The molecule has 1 amide bonds. The Morgan fingerprint density at radius 1 is 1.64 bits per heavy atom. The van der Waals surface area contributed by atoms with Crippen LogP contribution in [0.15, 0.2) is 12.7 Å². The summed E-state index contributed by atoms with van der Waals surface area (Å²) >= 11 is 0. The quantitative estimate of drug-likeness (QED) is 0.624. The van der Waals surface area contributed by atoms with E-state index in [0.29, 0.717) is 25.0 Å². The van der Waals surface area contributed by atoms with Crippen LogP contribution >= 0.6 is 0 Å². The lowest BCUT2D eigenvalue weighted by Crippen LogP contribution is -2.35. The molecule has 0 bridgehead atoms. The van der Waals surface area contributed by atoms with Gasteiger partial charge in [0.25, 0.3) is 0 Å². The van der Waals surface area contributed by atoms with Gasteiger partial charge in [0, 0.05) is 19.0 Å². The number of hydrogen-bond acceptors (Lipinski definition) is 2. The molecule has 0 aromatic heterocycles. The normalized spacial score (nSPS) is 23.4. The van der Waals surface area contributed by atoms with Crippen LogP contribution in [0.3, 0.4) is 0 Å². The molecule has 1 heterocycles. The molecule has 80 valence electrons. The maximum atomic E-state index is 11.4. The molecule has 0 radical (unpaired) electrons. The largest absolute Gasteiger partial charge is 0.379 e. The van der Waals surface area contributed by atoms with E-state index in [-0.39, 0.29) is 5.91 Å². The van der Waals surface area contributed by atoms with Crippen LogP contribution in [0.1, 0.15) is 13.8 Å². The fourth-order valence-corrected chi connectivity index (χ4v) is 1.57. The number of carbonyl (C=O) groups is 1. The molecule has 3 nitrogen and oxygen atoms in total. The second-order valence-electron chi connectivity index (χ2n) is 4.07. The van der Waals surface area contributed by atoms with Gasteiger partial charge in [-0.05, 0) is 12.0 Å². The van der Waals surface area contributed by atoms with E-state index in [9.17, 15) is 4.79 Å². The van der Waals surface area contributed by atoms with Crippen LogP contribution in [0, 0.1) is 11.8 Å². The second-order valence-corrected chi connectivity index (χ2v) is 4.07. The molecule has 14 heavy (non-hydrogen) atoms. The molecule has 0 N–H and O–H groups in total. The lowest BCUT2D eigenvalue weighted by Gasteiger charge is -2.24. The molecule has 1 unspecified atom stereocenters. The molecule has 1 fully saturated rings. The summed E-state index contributed by atoms with van der Waals surface area (Å²) in [6.07, 6.45) is 1.38. The monoisotopic (exact) mass is 197 g/mol. The minimum absolute atomic E-state index is 0.0150. The Bertz CT molecular complexity index is 213. The lowest BCUT2D eigenvalue weighted by molar-refractivity contribution is -0.126. The van der Waals surface area contributed by atoms with Crippen molar-refractivity contribution in [3.05, 3.63) is 12.7 Å². The van der Waals surface area contributed by atoms with Gasteiger partial charge in [-0.1, -0.05) is 20.4 Å². The van der Waals surface area contributed by atoms with Gasteiger partial charge in [-0.25, -0.2) is 0 Å². The summed E-state index contributed by atoms with van der Waals surface area (Å²) in [6.45, 7) is 10.7. The van der Waals surface area contributed by atoms with Crippen molar-refractivity contribution < 1.29 is 9.53 Å². The Balaban J connectivity index is 2.59. The first kappa shape index (κ1) is 11.2. The molecule has 0 spiro atoms. The Morgan fingerprint density at radius 3 is 2.93 bits per heavy atom. The van der Waals surface area contributed by atoms with Crippen molar-refractivity contribution in [3.8, 4) is 0 Å². The minimum atomic E-state index is 0.0150. The summed E-state index contributed by atoms with van der Waals surface area (Å²) in [5.74, 6) is 1.01. The van der Waals surface area contributed by atoms with Gasteiger partial charge in [-0.15, -0.1) is 0 Å². The number of nitrogens with zero attached hydrogens (tertiary/aromatic N) is 1. The lowest BCUT2D eigenvalue weighted by atomic mass is 9.96. The third kappa shape index (κ3) is 2.84. The maximum Gasteiger partial charge on any atom is 0.246 e. The molecule has 0 aromatic carbocycles. The van der Waals surface area contributed by atoms with E-state index < -0.39 is 0 Å². The number of ether oxygens (including phenoxy) is 1. The standard InChI is InChI=1S/C11H19NO2/c1-4-11(13)12-5-6-14-8-10(7-12)9(2)3/h4,9-10H,1,5-8H2,2-3H3. The highest BCUT2D eigenvalue weighted by atomic mass is 16.5. The number of carbonyl (C=O) groups excluding carboxylic acids is 1. The number of amides is 1. The van der Waals surface area contributed by atoms with Gasteiger partial charge < -0.3 is 9.64 Å². The van der Waals surface area contributed by atoms with Gasteiger partial charge >= 0.3 is 0 Å². The third-order valence-electron chi connectivity index (χ3n) is 2.72. The first-order chi connectivity index (χ1) is 6.65. The van der Waals surface area contributed by atoms with E-state index in [0.717, 1.165) is 13.2 Å². The fourth-order valence-electron chi connectivity index (χ4n) is 1.57. The predicted octanol–water partition coefficient (Wildman–Crippen LogP) is 1.30. The zero-order valence-electron chi connectivity index (χ0n) is 9.03. The van der Waals surface area contributed by atoms with Crippen molar-refractivity contribution in [1.29, 1.82) is 0 Å². The summed E-state index contributed by atoms with van der Waals surface area (Å²) in [6, 6.07) is 0. The van der Waals surface area contributed by atoms with E-state index >= 15 is 0 Å². The minimum Gasteiger partial charge on any atom is -0.379 e. The molecule has 0 aromatic rings. The van der Waals surface area contributed by atoms with Crippen molar-refractivity contribution >= 4 is 5.91 Å². The summed E-state index contributed by atoms with van der Waals surface area (Å²) < 4.78 is 5.47. The van der Waals surface area contributed by atoms with Crippen LogP contribution < -0.4 is 0 Å². The van der Waals surface area contributed by atoms with E-state index in [1.807, 2.05) is 4.90 Å². The van der Waals surface area contributed by atoms with Crippen molar-refractivity contribution in [1.82, 2.24) is 4.90 Å². The van der Waals surface area contributed by atoms with Crippen LogP contribution in [0.25, 0.3) is 0 Å². The van der Waals surface area contributed by atoms with E-state index in [1.54, 1.807) is 0 Å². The summed E-state index contributed by atoms with van der Waals surface area (Å²) in [5, 5.41) is 0. The topological polar surface area (TPSA) is 29.5 Å². The van der Waals surface area contributed by atoms with Crippen LogP contribution in [0.4, 0.5) is 0 Å². The molecule has 0 aliphatic carbocycles. The Hall–Kier alpha value is -0.830. The third-order valence-corrected chi connectivity index (χ3v) is 2.72. The number of hydrogen-bond donors (Lipinski definition) is 0. The molecular formula is C11H19NO2. The van der Waals surface area contributed by atoms with Crippen molar-refractivity contribution in [2.24, 2.45) is 11.8 Å². The zero-order valence-corrected chi connectivity index (χ0v) is 9.03. The van der Waals surface area contributed by atoms with E-state index in [2.05, 4.69) is 20.4 Å². The smallest absolute Gasteiger partial charge is 0.246 e. The van der Waals surface area contributed by atoms with Crippen LogP contribution in [0.2, 0.25) is 0 Å². The van der Waals surface area contributed by atoms with Crippen LogP contribution in [-0.4, -0.2) is 37.1 Å².